The molecule has 1 aliphatic rings. The Kier molecular flexibility index (Phi) is 3.16. The van der Waals surface area contributed by atoms with E-state index in [9.17, 15) is 0 Å². The van der Waals surface area contributed by atoms with Gasteiger partial charge < -0.3 is 10.2 Å². The highest BCUT2D eigenvalue weighted by Gasteiger charge is 2.20. The first kappa shape index (κ1) is 8.02. The molecule has 1 aliphatic carbocycles. The van der Waals surface area contributed by atoms with Crippen molar-refractivity contribution in [1.82, 2.24) is 0 Å². The minimum absolute atomic E-state index is 0.247. The quantitative estimate of drug-likeness (QED) is 0.594. The lowest BCUT2D eigenvalue weighted by Gasteiger charge is -2.25. The molecule has 0 heterocycles. The van der Waals surface area contributed by atoms with Gasteiger partial charge in [-0.2, -0.15) is 0 Å². The number of rotatable bonds is 2. The van der Waals surface area contributed by atoms with Gasteiger partial charge in [0, 0.05) is 13.2 Å². The maximum absolute atomic E-state index is 8.79. The van der Waals surface area contributed by atoms with Gasteiger partial charge >= 0.3 is 0 Å². The maximum Gasteiger partial charge on any atom is 0.0462 e. The SMILES string of the molecule is OCC1[CH]C(CO)CCC1. The van der Waals surface area contributed by atoms with Crippen molar-refractivity contribution in [2.45, 2.75) is 19.3 Å². The Labute approximate surface area is 61.9 Å². The predicted octanol–water partition coefficient (Wildman–Crippen LogP) is 0.592. The Morgan fingerprint density at radius 3 is 2.00 bits per heavy atom. The zero-order valence-electron chi connectivity index (χ0n) is 6.16. The molecule has 1 saturated carbocycles. The maximum atomic E-state index is 8.79. The van der Waals surface area contributed by atoms with E-state index in [0.717, 1.165) is 19.3 Å². The Balaban J connectivity index is 2.25. The minimum atomic E-state index is 0.247. The van der Waals surface area contributed by atoms with Crippen LogP contribution in [0.1, 0.15) is 19.3 Å². The zero-order valence-corrected chi connectivity index (χ0v) is 6.16. The average Bonchev–Trinajstić information content (AvgIpc) is 2.05. The first-order valence-corrected chi connectivity index (χ1v) is 3.93. The number of aliphatic hydroxyl groups is 2. The molecule has 0 aromatic heterocycles. The molecule has 2 nitrogen and oxygen atoms in total. The molecule has 1 fully saturated rings. The normalized spacial score (nSPS) is 34.2. The largest absolute Gasteiger partial charge is 0.396 e. The summed E-state index contributed by atoms with van der Waals surface area (Å²) in [6.45, 7) is 0.493. The molecule has 2 atom stereocenters. The van der Waals surface area contributed by atoms with E-state index in [1.807, 2.05) is 0 Å². The fraction of sp³-hybridized carbons (Fsp3) is 0.875. The molecule has 10 heavy (non-hydrogen) atoms. The fourth-order valence-corrected chi connectivity index (χ4v) is 1.52. The Bertz CT molecular complexity index is 83.3. The first-order chi connectivity index (χ1) is 4.86. The predicted molar refractivity (Wildman–Crippen MR) is 39.3 cm³/mol. The molecule has 0 aromatic rings. The summed E-state index contributed by atoms with van der Waals surface area (Å²) in [6, 6.07) is 0. The van der Waals surface area contributed by atoms with Crippen molar-refractivity contribution in [2.75, 3.05) is 13.2 Å². The lowest BCUT2D eigenvalue weighted by atomic mass is 9.82. The molecule has 59 valence electrons. The molecule has 2 heteroatoms. The van der Waals surface area contributed by atoms with Crippen LogP contribution >= 0.6 is 0 Å². The highest BCUT2D eigenvalue weighted by molar-refractivity contribution is 4.87. The van der Waals surface area contributed by atoms with E-state index in [1.165, 1.54) is 0 Å². The number of aliphatic hydroxyl groups excluding tert-OH is 2. The van der Waals surface area contributed by atoms with Crippen LogP contribution in [0.25, 0.3) is 0 Å². The van der Waals surface area contributed by atoms with Crippen molar-refractivity contribution in [1.29, 1.82) is 0 Å². The van der Waals surface area contributed by atoms with Gasteiger partial charge in [0.15, 0.2) is 0 Å². The average molecular weight is 143 g/mol. The lowest BCUT2D eigenvalue weighted by Crippen LogP contribution is -2.21. The second-order valence-electron chi connectivity index (χ2n) is 3.01. The number of hydrogen-bond donors (Lipinski definition) is 2. The molecule has 0 aliphatic heterocycles. The van der Waals surface area contributed by atoms with Crippen molar-refractivity contribution >= 4 is 0 Å². The first-order valence-electron chi connectivity index (χ1n) is 3.93. The number of hydrogen-bond acceptors (Lipinski definition) is 2. The topological polar surface area (TPSA) is 40.5 Å². The molecular formula is C8H15O2. The molecule has 2 N–H and O–H groups in total. The molecule has 1 radical (unpaired) electrons. The summed E-state index contributed by atoms with van der Waals surface area (Å²) in [7, 11) is 0. The molecule has 0 saturated heterocycles. The summed E-state index contributed by atoms with van der Waals surface area (Å²) in [5.74, 6) is 0.678. The Morgan fingerprint density at radius 2 is 1.60 bits per heavy atom. The van der Waals surface area contributed by atoms with E-state index >= 15 is 0 Å². The van der Waals surface area contributed by atoms with Crippen molar-refractivity contribution in [2.24, 2.45) is 11.8 Å². The van der Waals surface area contributed by atoms with Crippen molar-refractivity contribution < 1.29 is 10.2 Å². The molecule has 0 spiro atoms. The molecule has 2 unspecified atom stereocenters. The van der Waals surface area contributed by atoms with Crippen LogP contribution in [-0.4, -0.2) is 23.4 Å². The Morgan fingerprint density at radius 1 is 1.10 bits per heavy atom. The third-order valence-electron chi connectivity index (χ3n) is 2.16. The molecule has 0 bridgehead atoms. The van der Waals surface area contributed by atoms with Crippen LogP contribution in [0.2, 0.25) is 0 Å². The molecule has 0 aromatic carbocycles. The van der Waals surface area contributed by atoms with Crippen LogP contribution in [0, 0.1) is 18.3 Å². The van der Waals surface area contributed by atoms with Gasteiger partial charge in [0.25, 0.3) is 0 Å². The smallest absolute Gasteiger partial charge is 0.0462 e. The van der Waals surface area contributed by atoms with Gasteiger partial charge in [-0.05, 0) is 31.1 Å². The van der Waals surface area contributed by atoms with Crippen LogP contribution in [0.5, 0.6) is 0 Å². The van der Waals surface area contributed by atoms with E-state index in [1.54, 1.807) is 0 Å². The highest BCUT2D eigenvalue weighted by atomic mass is 16.3. The summed E-state index contributed by atoms with van der Waals surface area (Å²) in [4.78, 5) is 0. The van der Waals surface area contributed by atoms with Crippen LogP contribution in [0.15, 0.2) is 0 Å². The molecule has 1 rings (SSSR count). The van der Waals surface area contributed by atoms with E-state index < -0.39 is 0 Å². The standard InChI is InChI=1S/C8H15O2/c9-5-7-2-1-3-8(4-7)6-10/h4,7-10H,1-3,5-6H2. The van der Waals surface area contributed by atoms with Crippen molar-refractivity contribution in [3.8, 4) is 0 Å². The van der Waals surface area contributed by atoms with Crippen LogP contribution in [0.4, 0.5) is 0 Å². The molecular weight excluding hydrogens is 128 g/mol. The van der Waals surface area contributed by atoms with Gasteiger partial charge in [-0.1, -0.05) is 6.42 Å². The van der Waals surface area contributed by atoms with Crippen molar-refractivity contribution in [3.05, 3.63) is 6.42 Å². The second-order valence-corrected chi connectivity index (χ2v) is 3.01. The van der Waals surface area contributed by atoms with Gasteiger partial charge in [0.05, 0.1) is 0 Å². The van der Waals surface area contributed by atoms with Gasteiger partial charge in [0.2, 0.25) is 0 Å². The summed E-state index contributed by atoms with van der Waals surface area (Å²) in [5.41, 5.74) is 0. The molecule has 0 amide bonds. The van der Waals surface area contributed by atoms with Gasteiger partial charge in [0.1, 0.15) is 0 Å². The van der Waals surface area contributed by atoms with E-state index in [4.69, 9.17) is 10.2 Å². The second kappa shape index (κ2) is 3.94. The van der Waals surface area contributed by atoms with E-state index in [2.05, 4.69) is 6.42 Å². The zero-order chi connectivity index (χ0) is 7.40. The van der Waals surface area contributed by atoms with E-state index in [-0.39, 0.29) is 13.2 Å². The summed E-state index contributed by atoms with van der Waals surface area (Å²) < 4.78 is 0. The van der Waals surface area contributed by atoms with Gasteiger partial charge in [-0.15, -0.1) is 0 Å². The van der Waals surface area contributed by atoms with Gasteiger partial charge in [-0.3, -0.25) is 0 Å². The van der Waals surface area contributed by atoms with Gasteiger partial charge in [-0.25, -0.2) is 0 Å². The highest BCUT2D eigenvalue weighted by Crippen LogP contribution is 2.26. The van der Waals surface area contributed by atoms with Crippen LogP contribution < -0.4 is 0 Å². The van der Waals surface area contributed by atoms with Crippen LogP contribution in [0.3, 0.4) is 0 Å². The minimum Gasteiger partial charge on any atom is -0.396 e. The third kappa shape index (κ3) is 1.96. The summed E-state index contributed by atoms with van der Waals surface area (Å²) in [5, 5.41) is 17.6. The van der Waals surface area contributed by atoms with Crippen LogP contribution in [-0.2, 0) is 0 Å². The third-order valence-corrected chi connectivity index (χ3v) is 2.16. The van der Waals surface area contributed by atoms with Crippen molar-refractivity contribution in [3.63, 3.8) is 0 Å². The Hall–Kier alpha value is -0.0800. The van der Waals surface area contributed by atoms with E-state index in [0.29, 0.717) is 11.8 Å². The summed E-state index contributed by atoms with van der Waals surface area (Å²) >= 11 is 0. The summed E-state index contributed by atoms with van der Waals surface area (Å²) in [6.07, 6.45) is 5.41. The monoisotopic (exact) mass is 143 g/mol. The lowest BCUT2D eigenvalue weighted by molar-refractivity contribution is 0.168. The fourth-order valence-electron chi connectivity index (χ4n) is 1.52.